The second kappa shape index (κ2) is 42.6. The molecule has 2 aromatic heterocycles. The van der Waals surface area contributed by atoms with E-state index in [9.17, 15) is 35.9 Å². The molecule has 10 heterocycles. The van der Waals surface area contributed by atoms with Gasteiger partial charge in [0.15, 0.2) is 16.5 Å². The second-order valence-corrected chi connectivity index (χ2v) is 36.5. The number of aryl methyl sites for hydroxylation is 2. The Labute approximate surface area is 821 Å². The molecular formula is C94H102F6I4N14O4S4. The Kier molecular flexibility index (Phi) is 35.5. The molecule has 126 heavy (non-hydrogen) atoms. The molecule has 0 bridgehead atoms. The molecule has 4 aromatic carbocycles. The number of ether oxygens (including phenoxy) is 1. The predicted molar refractivity (Wildman–Crippen MR) is 502 cm³/mol. The molecule has 8 aliphatic heterocycles. The van der Waals surface area contributed by atoms with E-state index in [1.807, 2.05) is 62.9 Å². The summed E-state index contributed by atoms with van der Waals surface area (Å²) in [6, 6.07) is 31.4. The molecule has 0 radical (unpaired) electrons. The number of aliphatic imine (C=N–C) groups is 5. The minimum atomic E-state index is -4.66. The van der Waals surface area contributed by atoms with Crippen molar-refractivity contribution in [3.05, 3.63) is 302 Å². The number of isothiocyanates is 1. The first kappa shape index (κ1) is 105. The average Bonchev–Trinajstić information content (AvgIpc) is 1.69. The minimum Gasteiger partial charge on any atom is -1.00 e. The van der Waals surface area contributed by atoms with Gasteiger partial charge in [-0.2, -0.15) is 31.3 Å². The third-order valence-corrected chi connectivity index (χ3v) is 25.0. The van der Waals surface area contributed by atoms with E-state index in [0.29, 0.717) is 22.0 Å². The van der Waals surface area contributed by atoms with Gasteiger partial charge in [-0.25, -0.2) is 19.1 Å². The number of thiocarbonyl (C=S) groups is 2. The van der Waals surface area contributed by atoms with Crippen LogP contribution in [0.5, 0.6) is 0 Å². The lowest BCUT2D eigenvalue weighted by molar-refractivity contribution is -0.881. The molecule has 0 saturated carbocycles. The number of fused-ring (bicyclic) bond motifs is 4. The molecule has 0 spiro atoms. The molecule has 1 atom stereocenters. The maximum Gasteiger partial charge on any atom is 0.418 e. The summed E-state index contributed by atoms with van der Waals surface area (Å²) in [5, 5.41) is 8.16. The number of halogens is 10. The van der Waals surface area contributed by atoms with Gasteiger partial charge in [-0.05, 0) is 219 Å². The van der Waals surface area contributed by atoms with Crippen molar-refractivity contribution < 1.29 is 136 Å². The maximum atomic E-state index is 14.0. The van der Waals surface area contributed by atoms with Crippen LogP contribution in [-0.2, 0) is 64.6 Å². The SMILES string of the molecule is CN1C=CC=C2C1=N/C(=C\C=C1/C[N+](C)(C)CC(/C=C/C3=Nc4c(ccc[n+]4C)C3(C)C)=C1Sc1ccc(NC(=S)Nc3ccc(COC=O)cc3C(F)(F)F)cc1)C2(C)C.I.Nc1ccc(CC=O)cc1C(F)(F)F.O.[CH2-][N+]1(C)CC(/C=C/C2=Nc3c(ccc[n+]3C)C2(C)C)=C(Sc2ccc(N=C=S)cc2)C(=C/C=C2\N=C3C(=CC=CN3C)C2(C)C)/C1.[I-].[I-].[I-]. The molecule has 0 aliphatic carbocycles. The summed E-state index contributed by atoms with van der Waals surface area (Å²) in [7, 11) is 19.5. The van der Waals surface area contributed by atoms with E-state index >= 15 is 0 Å². The van der Waals surface area contributed by atoms with Crippen LogP contribution >= 0.6 is 71.9 Å². The molecule has 14 rings (SSSR count). The molecule has 1 unspecified atom stereocenters. The van der Waals surface area contributed by atoms with Gasteiger partial charge in [0.2, 0.25) is 0 Å². The van der Waals surface area contributed by atoms with Crippen molar-refractivity contribution in [2.24, 2.45) is 49.9 Å². The lowest BCUT2D eigenvalue weighted by Crippen LogP contribution is -3.00. The molecule has 18 nitrogen and oxygen atoms in total. The number of nitrogens with two attached hydrogens (primary N) is 1. The van der Waals surface area contributed by atoms with Crippen LogP contribution in [0.15, 0.2) is 296 Å². The van der Waals surface area contributed by atoms with Crippen LogP contribution in [0.4, 0.5) is 60.7 Å². The number of aromatic nitrogens is 2. The number of nitrogen functional groups attached to an aromatic ring is 1. The number of hydrogen-bond acceptors (Lipinski definition) is 15. The number of hydrogen-bond donors (Lipinski definition) is 3. The van der Waals surface area contributed by atoms with Crippen LogP contribution in [0, 0.1) is 17.9 Å². The topological polar surface area (TPSA) is 201 Å². The molecule has 8 aliphatic rings. The highest BCUT2D eigenvalue weighted by molar-refractivity contribution is 14.0. The molecule has 0 amide bonds. The van der Waals surface area contributed by atoms with Crippen molar-refractivity contribution in [1.29, 1.82) is 0 Å². The number of amidine groups is 2. The van der Waals surface area contributed by atoms with E-state index in [2.05, 4.69) is 264 Å². The first-order valence-electron chi connectivity index (χ1n) is 39.1. The van der Waals surface area contributed by atoms with Crippen molar-refractivity contribution in [2.75, 3.05) is 77.8 Å². The minimum absolute atomic E-state index is 0. The van der Waals surface area contributed by atoms with Crippen molar-refractivity contribution in [3.8, 4) is 0 Å². The third-order valence-electron chi connectivity index (χ3n) is 22.2. The highest BCUT2D eigenvalue weighted by Gasteiger charge is 2.46. The standard InChI is InChI=1S/C47H49F3N7O2S2.C38H41N6S2.C9H8F3NO.4HI.H2O/c1-45(2)35-11-9-23-55(5)42(35)53-39(45)21-14-31-26-57(7,8)27-32(15-22-40-46(3,4)36-12-10-24-56(6)43(36)54-40)41(31)61-34-18-16-33(17-19-34)51-44(60)52-38-20-13-30(28-59-29-58)25-37(38)47(48,49)50;1-37(2)30-11-9-21-42(5)35(30)40-32(37)19-13-26-23-44(7,8)24-27(34(26)46-29-17-15-28(16-18-29)39-25-45)14-20-33-38(3,4)31-12-10-22-43(6)36(31)41-33;10-9(11,12)7-5-6(3-4-14)1-2-8(7)13;;;;;/h9-25,29H,26-28H2,1-8H3,(H-,51,52,60);9-22H,7,23-24H2,1-6,8H3;1-2,4-5H,3,13H2;4*1H;1H2/q2*+1;;;;;;/p-2. The fourth-order valence-electron chi connectivity index (χ4n) is 15.5. The van der Waals surface area contributed by atoms with E-state index in [-0.39, 0.29) is 165 Å². The molecule has 666 valence electrons. The number of benzene rings is 4. The van der Waals surface area contributed by atoms with Gasteiger partial charge >= 0.3 is 24.0 Å². The number of anilines is 3. The fraction of sp³-hybridized carbons (Fsp3) is 0.287. The number of nitrogens with one attached hydrogen (secondary N) is 2. The monoisotopic (exact) mass is 2240 g/mol. The predicted octanol–water partition coefficient (Wildman–Crippen LogP) is 10.6. The van der Waals surface area contributed by atoms with Crippen LogP contribution in [0.3, 0.4) is 0 Å². The van der Waals surface area contributed by atoms with Gasteiger partial charge in [0.05, 0.1) is 115 Å². The van der Waals surface area contributed by atoms with Crippen molar-refractivity contribution in [3.63, 3.8) is 0 Å². The molecule has 0 fully saturated rings. The van der Waals surface area contributed by atoms with Crippen molar-refractivity contribution in [1.82, 2.24) is 9.80 Å². The van der Waals surface area contributed by atoms with Crippen LogP contribution in [-0.4, -0.2) is 132 Å². The van der Waals surface area contributed by atoms with E-state index < -0.39 is 23.5 Å². The maximum absolute atomic E-state index is 14.0. The quantitative estimate of drug-likeness (QED) is 0.00848. The summed E-state index contributed by atoms with van der Waals surface area (Å²) in [5.41, 5.74) is 17.5. The zero-order valence-electron chi connectivity index (χ0n) is 72.4. The normalized spacial score (nSPS) is 20.0. The largest absolute Gasteiger partial charge is 1.00 e. The summed E-state index contributed by atoms with van der Waals surface area (Å²) in [6.45, 7) is 21.0. The lowest BCUT2D eigenvalue weighted by atomic mass is 9.81. The molecule has 6 aromatic rings. The van der Waals surface area contributed by atoms with Crippen LogP contribution in [0.1, 0.15) is 88.8 Å². The fourth-order valence-corrected chi connectivity index (χ4v) is 17.9. The molecular weight excluding hydrogens is 2140 g/mol. The summed E-state index contributed by atoms with van der Waals surface area (Å²) in [4.78, 5) is 53.9. The van der Waals surface area contributed by atoms with Gasteiger partial charge in [0, 0.05) is 115 Å². The number of carbonyl (C=O) groups excluding carboxylic acids is 2. The number of alkyl halides is 6. The number of nitrogens with zero attached hydrogens (tertiary/aromatic N) is 11. The van der Waals surface area contributed by atoms with E-state index in [0.717, 1.165) is 115 Å². The zero-order valence-corrected chi connectivity index (χ0v) is 84.5. The first-order valence-corrected chi connectivity index (χ1v) is 41.6. The van der Waals surface area contributed by atoms with Crippen molar-refractivity contribution >= 4 is 152 Å². The number of thioether (sulfide) groups is 2. The number of pyridine rings is 2. The Morgan fingerprint density at radius 3 is 1.56 bits per heavy atom. The molecule has 0 saturated heterocycles. The van der Waals surface area contributed by atoms with Gasteiger partial charge in [-0.1, -0.05) is 87.7 Å². The van der Waals surface area contributed by atoms with Crippen molar-refractivity contribution in [2.45, 2.75) is 101 Å². The average molecular weight is 2240 g/mol. The summed E-state index contributed by atoms with van der Waals surface area (Å²) >= 11 is 13.7. The van der Waals surface area contributed by atoms with E-state index in [1.165, 1.54) is 67.7 Å². The number of carbonyl (C=O) groups is 2. The second-order valence-electron chi connectivity index (χ2n) is 33.8. The number of quaternary nitrogens is 2. The number of allylic oxidation sites excluding steroid dienone is 12. The number of likely N-dealkylation sites (N-methyl/N-ethyl adjacent to an activating group) is 4. The van der Waals surface area contributed by atoms with Gasteiger partial charge in [0.25, 0.3) is 6.47 Å². The Morgan fingerprint density at radius 2 is 1.10 bits per heavy atom. The van der Waals surface area contributed by atoms with Crippen LogP contribution in [0.2, 0.25) is 0 Å². The van der Waals surface area contributed by atoms with Crippen LogP contribution < -0.4 is 97.4 Å². The zero-order chi connectivity index (χ0) is 87.5. The number of rotatable bonds is 18. The molecule has 32 heteroatoms. The Morgan fingerprint density at radius 1 is 0.627 bits per heavy atom. The Bertz CT molecular complexity index is 5780. The third kappa shape index (κ3) is 24.1. The summed E-state index contributed by atoms with van der Waals surface area (Å²) in [6.07, 6.45) is 25.8. The number of aldehydes is 1. The smallest absolute Gasteiger partial charge is 0.418 e. The van der Waals surface area contributed by atoms with E-state index in [4.69, 9.17) is 50.1 Å². The molecule has 6 N–H and O–H groups in total. The van der Waals surface area contributed by atoms with Gasteiger partial charge < -0.3 is 122 Å². The van der Waals surface area contributed by atoms with Crippen LogP contribution in [0.25, 0.3) is 0 Å². The Hall–Kier alpha value is -8.15. The van der Waals surface area contributed by atoms with E-state index in [1.54, 1.807) is 23.5 Å². The van der Waals surface area contributed by atoms with Gasteiger partial charge in [-0.3, -0.25) is 4.79 Å². The first-order chi connectivity index (χ1) is 57.0. The van der Waals surface area contributed by atoms with Gasteiger partial charge in [0.1, 0.15) is 37.7 Å². The summed E-state index contributed by atoms with van der Waals surface area (Å²) in [5.74, 6) is 3.95. The highest BCUT2D eigenvalue weighted by Crippen LogP contribution is 2.49. The van der Waals surface area contributed by atoms with Gasteiger partial charge in [-0.15, -0.1) is 31.0 Å². The summed E-state index contributed by atoms with van der Waals surface area (Å²) < 4.78 is 89.0. The lowest BCUT2D eigenvalue weighted by Gasteiger charge is -2.43. The Balaban J connectivity index is 0.000000296. The highest BCUT2D eigenvalue weighted by atomic mass is 127.